The number of amides is 3. The van der Waals surface area contributed by atoms with Crippen molar-refractivity contribution in [2.24, 2.45) is 0 Å². The summed E-state index contributed by atoms with van der Waals surface area (Å²) < 4.78 is 10.8. The number of benzene rings is 3. The zero-order chi connectivity index (χ0) is 24.0. The molecule has 0 radical (unpaired) electrons. The quantitative estimate of drug-likeness (QED) is 0.395. The van der Waals surface area contributed by atoms with Crippen LogP contribution in [0.4, 0.5) is 0 Å². The van der Waals surface area contributed by atoms with Crippen molar-refractivity contribution in [3.8, 4) is 11.5 Å². The molecule has 3 amide bonds. The summed E-state index contributed by atoms with van der Waals surface area (Å²) in [6, 6.07) is 17.6. The summed E-state index contributed by atoms with van der Waals surface area (Å²) in [6.45, 7) is 0.235. The topological polar surface area (TPSA) is 76.2 Å². The standard InChI is InChI=1S/C26H21ClN2O5/c1-33-18-12-9-16(21(13-18)34-2)14-28-22(15-7-10-17(27)11-8-15)23(26(28)32)29-24(30)19-5-3-4-6-20(19)25(29)31/h3-13,22-23H,14H2,1-2H3. The predicted octanol–water partition coefficient (Wildman–Crippen LogP) is 4.11. The highest BCUT2D eigenvalue weighted by Gasteiger charge is 2.56. The van der Waals surface area contributed by atoms with Crippen LogP contribution in [0.15, 0.2) is 66.7 Å². The lowest BCUT2D eigenvalue weighted by molar-refractivity contribution is -0.157. The predicted molar refractivity (Wildman–Crippen MR) is 125 cm³/mol. The van der Waals surface area contributed by atoms with Crippen molar-refractivity contribution in [1.82, 2.24) is 9.80 Å². The number of carbonyl (C=O) groups excluding carboxylic acids is 3. The second-order valence-corrected chi connectivity index (χ2v) is 8.55. The molecule has 3 aromatic carbocycles. The van der Waals surface area contributed by atoms with Crippen LogP contribution in [0.5, 0.6) is 11.5 Å². The van der Waals surface area contributed by atoms with Gasteiger partial charge in [-0.3, -0.25) is 19.3 Å². The Balaban J connectivity index is 1.52. The maximum atomic E-state index is 13.5. The van der Waals surface area contributed by atoms with E-state index in [1.54, 1.807) is 67.7 Å². The van der Waals surface area contributed by atoms with Gasteiger partial charge < -0.3 is 14.4 Å². The minimum Gasteiger partial charge on any atom is -0.497 e. The Morgan fingerprint density at radius 2 is 1.47 bits per heavy atom. The van der Waals surface area contributed by atoms with Gasteiger partial charge in [0.2, 0.25) is 5.91 Å². The van der Waals surface area contributed by atoms with Crippen molar-refractivity contribution in [3.63, 3.8) is 0 Å². The fraction of sp³-hybridized carbons (Fsp3) is 0.192. The maximum Gasteiger partial charge on any atom is 0.262 e. The molecule has 0 bridgehead atoms. The minimum absolute atomic E-state index is 0.235. The Kier molecular flexibility index (Phi) is 5.49. The number of fused-ring (bicyclic) bond motifs is 1. The third-order valence-electron chi connectivity index (χ3n) is 6.32. The monoisotopic (exact) mass is 476 g/mol. The summed E-state index contributed by atoms with van der Waals surface area (Å²) in [6.07, 6.45) is 0. The van der Waals surface area contributed by atoms with Gasteiger partial charge in [0.15, 0.2) is 0 Å². The van der Waals surface area contributed by atoms with Crippen LogP contribution >= 0.6 is 11.6 Å². The van der Waals surface area contributed by atoms with E-state index < -0.39 is 23.9 Å². The van der Waals surface area contributed by atoms with Crippen LogP contribution < -0.4 is 9.47 Å². The smallest absolute Gasteiger partial charge is 0.262 e. The van der Waals surface area contributed by atoms with Crippen LogP contribution in [0, 0.1) is 0 Å². The Morgan fingerprint density at radius 3 is 2.06 bits per heavy atom. The van der Waals surface area contributed by atoms with Gasteiger partial charge in [-0.25, -0.2) is 0 Å². The first-order valence-corrected chi connectivity index (χ1v) is 11.1. The summed E-state index contributed by atoms with van der Waals surface area (Å²) in [5.41, 5.74) is 2.17. The van der Waals surface area contributed by atoms with Crippen molar-refractivity contribution in [1.29, 1.82) is 0 Å². The Morgan fingerprint density at radius 1 is 0.824 bits per heavy atom. The van der Waals surface area contributed by atoms with Gasteiger partial charge in [-0.1, -0.05) is 35.9 Å². The highest BCUT2D eigenvalue weighted by Crippen LogP contribution is 2.43. The molecule has 0 spiro atoms. The minimum atomic E-state index is -0.946. The number of methoxy groups -OCH3 is 2. The molecule has 34 heavy (non-hydrogen) atoms. The molecule has 0 aliphatic carbocycles. The first-order chi connectivity index (χ1) is 16.4. The van der Waals surface area contributed by atoms with Crippen molar-refractivity contribution in [2.75, 3.05) is 14.2 Å². The first-order valence-electron chi connectivity index (χ1n) is 10.7. The number of nitrogens with zero attached hydrogens (tertiary/aromatic N) is 2. The molecular weight excluding hydrogens is 456 g/mol. The zero-order valence-electron chi connectivity index (χ0n) is 18.5. The lowest BCUT2D eigenvalue weighted by Gasteiger charge is -2.50. The van der Waals surface area contributed by atoms with Crippen LogP contribution in [0.2, 0.25) is 5.02 Å². The Labute approximate surface area is 201 Å². The maximum absolute atomic E-state index is 13.5. The number of ether oxygens (including phenoxy) is 2. The largest absolute Gasteiger partial charge is 0.497 e. The second-order valence-electron chi connectivity index (χ2n) is 8.11. The van der Waals surface area contributed by atoms with Crippen molar-refractivity contribution in [2.45, 2.75) is 18.6 Å². The molecule has 1 fully saturated rings. The van der Waals surface area contributed by atoms with E-state index in [4.69, 9.17) is 21.1 Å². The number of carbonyl (C=O) groups is 3. The van der Waals surface area contributed by atoms with E-state index in [0.29, 0.717) is 27.6 Å². The first kappa shape index (κ1) is 22.0. The van der Waals surface area contributed by atoms with Crippen LogP contribution in [-0.2, 0) is 11.3 Å². The van der Waals surface area contributed by atoms with E-state index in [2.05, 4.69) is 0 Å². The van der Waals surface area contributed by atoms with E-state index in [-0.39, 0.29) is 12.5 Å². The molecule has 8 heteroatoms. The van der Waals surface area contributed by atoms with E-state index in [9.17, 15) is 14.4 Å². The van der Waals surface area contributed by atoms with Crippen LogP contribution in [0.3, 0.4) is 0 Å². The number of halogens is 1. The molecule has 3 aromatic rings. The molecule has 7 nitrogen and oxygen atoms in total. The van der Waals surface area contributed by atoms with Crippen molar-refractivity contribution >= 4 is 29.3 Å². The summed E-state index contributed by atoms with van der Waals surface area (Å²) in [7, 11) is 3.12. The van der Waals surface area contributed by atoms with E-state index in [1.165, 1.54) is 0 Å². The molecule has 0 aromatic heterocycles. The lowest BCUT2D eigenvalue weighted by Crippen LogP contribution is -2.66. The van der Waals surface area contributed by atoms with E-state index >= 15 is 0 Å². The fourth-order valence-corrected chi connectivity index (χ4v) is 4.73. The van der Waals surface area contributed by atoms with Gasteiger partial charge in [-0.05, 0) is 42.0 Å². The summed E-state index contributed by atoms with van der Waals surface area (Å²) >= 11 is 6.08. The van der Waals surface area contributed by atoms with Gasteiger partial charge in [0, 0.05) is 16.7 Å². The van der Waals surface area contributed by atoms with Gasteiger partial charge in [0.25, 0.3) is 11.8 Å². The van der Waals surface area contributed by atoms with Crippen LogP contribution in [-0.4, -0.2) is 47.8 Å². The van der Waals surface area contributed by atoms with Gasteiger partial charge in [-0.2, -0.15) is 0 Å². The number of hydrogen-bond donors (Lipinski definition) is 0. The summed E-state index contributed by atoms with van der Waals surface area (Å²) in [5.74, 6) is -0.0219. The molecule has 2 aliphatic heterocycles. The lowest BCUT2D eigenvalue weighted by atomic mass is 9.86. The average Bonchev–Trinajstić information content (AvgIpc) is 3.11. The normalized spacial score (nSPS) is 19.2. The molecule has 2 aliphatic rings. The molecule has 1 saturated heterocycles. The molecule has 0 saturated carbocycles. The third-order valence-corrected chi connectivity index (χ3v) is 6.57. The summed E-state index contributed by atoms with van der Waals surface area (Å²) in [4.78, 5) is 42.5. The van der Waals surface area contributed by atoms with Gasteiger partial charge >= 0.3 is 0 Å². The number of imide groups is 1. The average molecular weight is 477 g/mol. The number of hydrogen-bond acceptors (Lipinski definition) is 5. The van der Waals surface area contributed by atoms with E-state index in [1.807, 2.05) is 18.2 Å². The molecular formula is C26H21ClN2O5. The summed E-state index contributed by atoms with van der Waals surface area (Å²) in [5, 5.41) is 0.551. The van der Waals surface area contributed by atoms with Gasteiger partial charge in [0.1, 0.15) is 17.5 Å². The van der Waals surface area contributed by atoms with Gasteiger partial charge in [0.05, 0.1) is 37.9 Å². The Hall–Kier alpha value is -3.84. The molecule has 0 N–H and O–H groups in total. The number of rotatable bonds is 6. The highest BCUT2D eigenvalue weighted by molar-refractivity contribution is 6.30. The SMILES string of the molecule is COc1ccc(CN2C(=O)C(N3C(=O)c4ccccc4C3=O)C2c2ccc(Cl)cc2)c(OC)c1. The molecule has 2 atom stereocenters. The highest BCUT2D eigenvalue weighted by atomic mass is 35.5. The molecule has 172 valence electrons. The van der Waals surface area contributed by atoms with Gasteiger partial charge in [-0.15, -0.1) is 0 Å². The molecule has 5 rings (SSSR count). The van der Waals surface area contributed by atoms with Crippen molar-refractivity contribution in [3.05, 3.63) is 94.0 Å². The van der Waals surface area contributed by atoms with E-state index in [0.717, 1.165) is 16.0 Å². The van der Waals surface area contributed by atoms with Crippen LogP contribution in [0.1, 0.15) is 37.9 Å². The molecule has 2 heterocycles. The number of likely N-dealkylation sites (tertiary alicyclic amines) is 1. The van der Waals surface area contributed by atoms with Crippen molar-refractivity contribution < 1.29 is 23.9 Å². The third kappa shape index (κ3) is 3.40. The number of β-lactam (4-membered cyclic amide) rings is 1. The fourth-order valence-electron chi connectivity index (χ4n) is 4.61. The second kappa shape index (κ2) is 8.50. The zero-order valence-corrected chi connectivity index (χ0v) is 19.3. The van der Waals surface area contributed by atoms with Crippen LogP contribution in [0.25, 0.3) is 0 Å². The molecule has 2 unspecified atom stereocenters. The Bertz CT molecular complexity index is 1270.